The maximum atomic E-state index is 11.9. The molecule has 0 radical (unpaired) electrons. The maximum Gasteiger partial charge on any atom is 0.143 e. The monoisotopic (exact) mass is 248 g/mol. The van der Waals surface area contributed by atoms with Gasteiger partial charge in [0.15, 0.2) is 0 Å². The van der Waals surface area contributed by atoms with Crippen LogP contribution in [0.4, 0.5) is 0 Å². The predicted octanol–water partition coefficient (Wildman–Crippen LogP) is 3.76. The minimum atomic E-state index is -0.293. The number of phenols is 1. The second-order valence-electron chi connectivity index (χ2n) is 5.28. The number of Topliss-reactive ketones (excluding diaryl/α,β-unsaturated/α-hetero) is 1. The summed E-state index contributed by atoms with van der Waals surface area (Å²) in [7, 11) is 0. The van der Waals surface area contributed by atoms with Crippen molar-refractivity contribution in [3.05, 3.63) is 29.1 Å². The second-order valence-corrected chi connectivity index (χ2v) is 6.45. The summed E-state index contributed by atoms with van der Waals surface area (Å²) in [5, 5.41) is 10.4. The van der Waals surface area contributed by atoms with E-state index in [0.717, 1.165) is 15.0 Å². The van der Waals surface area contributed by atoms with Crippen LogP contribution in [0.5, 0.6) is 5.75 Å². The molecular formula is C14H16O2S. The molecule has 0 atom stereocenters. The van der Waals surface area contributed by atoms with Gasteiger partial charge in [-0.05, 0) is 29.7 Å². The number of benzene rings is 1. The zero-order chi connectivity index (χ0) is 12.6. The SMILES string of the molecule is CC(C)(C)C(=O)Cc1cc2cc(O)ccc2s1. The van der Waals surface area contributed by atoms with Gasteiger partial charge < -0.3 is 5.11 Å². The molecule has 0 aliphatic heterocycles. The highest BCUT2D eigenvalue weighted by Gasteiger charge is 2.21. The van der Waals surface area contributed by atoms with E-state index in [0.29, 0.717) is 6.42 Å². The van der Waals surface area contributed by atoms with Crippen LogP contribution in [0.15, 0.2) is 24.3 Å². The Bertz CT molecular complexity index is 561. The fourth-order valence-electron chi connectivity index (χ4n) is 1.60. The van der Waals surface area contributed by atoms with E-state index in [4.69, 9.17) is 0 Å². The van der Waals surface area contributed by atoms with Crippen LogP contribution in [0, 0.1) is 5.41 Å². The van der Waals surface area contributed by atoms with Crippen LogP contribution in [0.25, 0.3) is 10.1 Å². The van der Waals surface area contributed by atoms with Crippen LogP contribution >= 0.6 is 11.3 Å². The molecule has 0 aliphatic carbocycles. The zero-order valence-corrected chi connectivity index (χ0v) is 11.1. The average Bonchev–Trinajstić information content (AvgIpc) is 2.57. The van der Waals surface area contributed by atoms with Crippen molar-refractivity contribution in [2.45, 2.75) is 27.2 Å². The Morgan fingerprint density at radius 1 is 1.29 bits per heavy atom. The van der Waals surface area contributed by atoms with Crippen molar-refractivity contribution in [2.75, 3.05) is 0 Å². The Morgan fingerprint density at radius 2 is 2.00 bits per heavy atom. The fraction of sp³-hybridized carbons (Fsp3) is 0.357. The summed E-state index contributed by atoms with van der Waals surface area (Å²) < 4.78 is 1.11. The third-order valence-corrected chi connectivity index (χ3v) is 3.84. The van der Waals surface area contributed by atoms with Gasteiger partial charge in [-0.2, -0.15) is 0 Å². The fourth-order valence-corrected chi connectivity index (χ4v) is 2.64. The number of ketones is 1. The molecule has 0 bridgehead atoms. The first-order chi connectivity index (χ1) is 7.86. The van der Waals surface area contributed by atoms with E-state index < -0.39 is 0 Å². The Hall–Kier alpha value is -1.35. The van der Waals surface area contributed by atoms with E-state index in [1.807, 2.05) is 32.9 Å². The van der Waals surface area contributed by atoms with E-state index in [-0.39, 0.29) is 16.9 Å². The zero-order valence-electron chi connectivity index (χ0n) is 10.3. The van der Waals surface area contributed by atoms with Gasteiger partial charge in [-0.15, -0.1) is 11.3 Å². The molecule has 0 saturated heterocycles. The summed E-state index contributed by atoms with van der Waals surface area (Å²) in [6, 6.07) is 7.29. The van der Waals surface area contributed by atoms with Gasteiger partial charge in [0.25, 0.3) is 0 Å². The quantitative estimate of drug-likeness (QED) is 0.878. The molecule has 2 rings (SSSR count). The summed E-state index contributed by atoms with van der Waals surface area (Å²) in [5.41, 5.74) is -0.293. The molecule has 0 amide bonds. The number of phenolic OH excluding ortho intramolecular Hbond substituents is 1. The minimum absolute atomic E-state index is 0.244. The molecule has 0 saturated carbocycles. The third-order valence-electron chi connectivity index (χ3n) is 2.72. The Morgan fingerprint density at radius 3 is 2.65 bits per heavy atom. The standard InChI is InChI=1S/C14H16O2S/c1-14(2,3)13(16)8-11-7-9-6-10(15)4-5-12(9)17-11/h4-7,15H,8H2,1-3H3. The smallest absolute Gasteiger partial charge is 0.143 e. The van der Waals surface area contributed by atoms with Gasteiger partial charge in [-0.1, -0.05) is 20.8 Å². The molecule has 1 aromatic carbocycles. The summed E-state index contributed by atoms with van der Waals surface area (Å²) in [6.07, 6.45) is 0.476. The first-order valence-electron chi connectivity index (χ1n) is 5.61. The number of thiophene rings is 1. The van der Waals surface area contributed by atoms with Crippen molar-refractivity contribution in [3.63, 3.8) is 0 Å². The number of aromatic hydroxyl groups is 1. The summed E-state index contributed by atoms with van der Waals surface area (Å²) >= 11 is 1.62. The highest BCUT2D eigenvalue weighted by atomic mass is 32.1. The molecule has 1 aromatic heterocycles. The number of fused-ring (bicyclic) bond motifs is 1. The number of hydrogen-bond donors (Lipinski definition) is 1. The summed E-state index contributed by atoms with van der Waals surface area (Å²) in [4.78, 5) is 13.0. The van der Waals surface area contributed by atoms with Crippen LogP contribution in [0.1, 0.15) is 25.6 Å². The van der Waals surface area contributed by atoms with Crippen LogP contribution < -0.4 is 0 Å². The molecule has 17 heavy (non-hydrogen) atoms. The van der Waals surface area contributed by atoms with Crippen molar-refractivity contribution in [3.8, 4) is 5.75 Å². The highest BCUT2D eigenvalue weighted by Crippen LogP contribution is 2.30. The van der Waals surface area contributed by atoms with E-state index in [2.05, 4.69) is 0 Å². The minimum Gasteiger partial charge on any atom is -0.508 e. The first-order valence-corrected chi connectivity index (χ1v) is 6.42. The van der Waals surface area contributed by atoms with Gasteiger partial charge in [0, 0.05) is 21.4 Å². The number of rotatable bonds is 2. The molecule has 0 unspecified atom stereocenters. The van der Waals surface area contributed by atoms with Crippen molar-refractivity contribution in [2.24, 2.45) is 5.41 Å². The van der Waals surface area contributed by atoms with Crippen molar-refractivity contribution < 1.29 is 9.90 Å². The number of carbonyl (C=O) groups is 1. The Kier molecular flexibility index (Phi) is 2.96. The topological polar surface area (TPSA) is 37.3 Å². The average molecular weight is 248 g/mol. The lowest BCUT2D eigenvalue weighted by atomic mass is 9.89. The molecule has 3 heteroatoms. The maximum absolute atomic E-state index is 11.9. The largest absolute Gasteiger partial charge is 0.508 e. The van der Waals surface area contributed by atoms with Crippen molar-refractivity contribution >= 4 is 27.2 Å². The van der Waals surface area contributed by atoms with Crippen LogP contribution in [-0.2, 0) is 11.2 Å². The van der Waals surface area contributed by atoms with Gasteiger partial charge in [-0.25, -0.2) is 0 Å². The lowest BCUT2D eigenvalue weighted by molar-refractivity contribution is -0.125. The van der Waals surface area contributed by atoms with Gasteiger partial charge in [0.1, 0.15) is 11.5 Å². The molecule has 1 heterocycles. The van der Waals surface area contributed by atoms with Crippen molar-refractivity contribution in [1.29, 1.82) is 0 Å². The lowest BCUT2D eigenvalue weighted by Crippen LogP contribution is -2.21. The van der Waals surface area contributed by atoms with Crippen LogP contribution in [-0.4, -0.2) is 10.9 Å². The third kappa shape index (κ3) is 2.67. The molecule has 2 nitrogen and oxygen atoms in total. The molecule has 0 spiro atoms. The molecular weight excluding hydrogens is 232 g/mol. The van der Waals surface area contributed by atoms with Crippen molar-refractivity contribution in [1.82, 2.24) is 0 Å². The van der Waals surface area contributed by atoms with E-state index in [1.165, 1.54) is 0 Å². The normalized spacial score (nSPS) is 11.9. The van der Waals surface area contributed by atoms with Crippen LogP contribution in [0.2, 0.25) is 0 Å². The van der Waals surface area contributed by atoms with E-state index in [1.54, 1.807) is 23.5 Å². The number of carbonyl (C=O) groups excluding carboxylic acids is 1. The molecule has 0 aliphatic rings. The molecule has 0 fully saturated rings. The Balaban J connectivity index is 2.29. The van der Waals surface area contributed by atoms with E-state index in [9.17, 15) is 9.90 Å². The molecule has 2 aromatic rings. The van der Waals surface area contributed by atoms with Gasteiger partial charge in [0.2, 0.25) is 0 Å². The Labute approximate surface area is 105 Å². The van der Waals surface area contributed by atoms with Gasteiger partial charge in [0.05, 0.1) is 0 Å². The van der Waals surface area contributed by atoms with Gasteiger partial charge >= 0.3 is 0 Å². The summed E-state index contributed by atoms with van der Waals surface area (Å²) in [6.45, 7) is 5.82. The van der Waals surface area contributed by atoms with Crippen LogP contribution in [0.3, 0.4) is 0 Å². The second kappa shape index (κ2) is 4.15. The number of hydrogen-bond acceptors (Lipinski definition) is 3. The predicted molar refractivity (Wildman–Crippen MR) is 71.7 cm³/mol. The molecule has 1 N–H and O–H groups in total. The highest BCUT2D eigenvalue weighted by molar-refractivity contribution is 7.19. The van der Waals surface area contributed by atoms with Gasteiger partial charge in [-0.3, -0.25) is 4.79 Å². The lowest BCUT2D eigenvalue weighted by Gasteiger charge is -2.15. The summed E-state index contributed by atoms with van der Waals surface area (Å²) in [5.74, 6) is 0.511. The molecule has 90 valence electrons. The first kappa shape index (κ1) is 12.1. The van der Waals surface area contributed by atoms with E-state index >= 15 is 0 Å².